The van der Waals surface area contributed by atoms with Crippen molar-refractivity contribution in [2.24, 2.45) is 16.7 Å². The molecule has 0 aromatic heterocycles. The molecule has 2 rings (SSSR count). The molecule has 2 atom stereocenters. The summed E-state index contributed by atoms with van der Waals surface area (Å²) in [5.41, 5.74) is -2.12. The molecule has 27 heavy (non-hydrogen) atoms. The fraction of sp³-hybridized carbons (Fsp3) is 0.619. The number of methoxy groups -OCH3 is 3. The second-order valence-corrected chi connectivity index (χ2v) is 13.4. The summed E-state index contributed by atoms with van der Waals surface area (Å²) in [5.74, 6) is -1.26. The molecule has 1 aromatic carbocycles. The maximum atomic E-state index is 13.1. The molecule has 0 unspecified atom stereocenters. The third kappa shape index (κ3) is 3.34. The number of rotatable bonds is 6. The minimum Gasteiger partial charge on any atom is -0.468 e. The summed E-state index contributed by atoms with van der Waals surface area (Å²) < 4.78 is 16.0. The number of hydrogen-bond acceptors (Lipinski definition) is 5. The summed E-state index contributed by atoms with van der Waals surface area (Å²) in [6.45, 7) is 8.36. The van der Waals surface area contributed by atoms with E-state index < -0.39 is 30.8 Å². The average Bonchev–Trinajstić information content (AvgIpc) is 2.87. The molecule has 0 aliphatic heterocycles. The van der Waals surface area contributed by atoms with Gasteiger partial charge in [0.15, 0.2) is 5.41 Å². The highest BCUT2D eigenvalue weighted by atomic mass is 28.3. The summed E-state index contributed by atoms with van der Waals surface area (Å²) in [5, 5.41) is 1.30. The van der Waals surface area contributed by atoms with Crippen molar-refractivity contribution < 1.29 is 23.8 Å². The van der Waals surface area contributed by atoms with Gasteiger partial charge < -0.3 is 14.2 Å². The molecule has 5 nitrogen and oxygen atoms in total. The van der Waals surface area contributed by atoms with Crippen LogP contribution in [0.1, 0.15) is 20.3 Å². The largest absolute Gasteiger partial charge is 0.468 e. The Morgan fingerprint density at radius 1 is 1.04 bits per heavy atom. The zero-order valence-electron chi connectivity index (χ0n) is 17.5. The van der Waals surface area contributed by atoms with E-state index in [4.69, 9.17) is 14.2 Å². The van der Waals surface area contributed by atoms with Gasteiger partial charge >= 0.3 is 11.9 Å². The van der Waals surface area contributed by atoms with Gasteiger partial charge in [-0.1, -0.05) is 62.5 Å². The van der Waals surface area contributed by atoms with Gasteiger partial charge in [-0.05, 0) is 18.4 Å². The van der Waals surface area contributed by atoms with Crippen LogP contribution in [0.4, 0.5) is 0 Å². The van der Waals surface area contributed by atoms with Crippen LogP contribution in [0, 0.1) is 16.7 Å². The van der Waals surface area contributed by atoms with Gasteiger partial charge in [-0.25, -0.2) is 0 Å². The first kappa shape index (κ1) is 21.6. The van der Waals surface area contributed by atoms with Gasteiger partial charge in [0, 0.05) is 12.5 Å². The predicted molar refractivity (Wildman–Crippen MR) is 108 cm³/mol. The van der Waals surface area contributed by atoms with E-state index in [-0.39, 0.29) is 12.0 Å². The van der Waals surface area contributed by atoms with E-state index in [1.54, 1.807) is 7.11 Å². The second kappa shape index (κ2) is 7.76. The predicted octanol–water partition coefficient (Wildman–Crippen LogP) is 3.00. The number of carbonyl (C=O) groups is 2. The third-order valence-electron chi connectivity index (χ3n) is 6.54. The minimum absolute atomic E-state index is 0.209. The Balaban J connectivity index is 2.57. The Morgan fingerprint density at radius 2 is 1.56 bits per heavy atom. The van der Waals surface area contributed by atoms with Crippen LogP contribution >= 0.6 is 0 Å². The Bertz CT molecular complexity index is 667. The van der Waals surface area contributed by atoms with Crippen LogP contribution in [-0.2, 0) is 23.8 Å². The first-order valence-electron chi connectivity index (χ1n) is 9.34. The van der Waals surface area contributed by atoms with Crippen molar-refractivity contribution in [1.82, 2.24) is 0 Å². The van der Waals surface area contributed by atoms with E-state index in [2.05, 4.69) is 25.2 Å². The molecule has 0 spiro atoms. The number of carbonyl (C=O) groups excluding carboxylic acids is 2. The molecule has 0 radical (unpaired) electrons. The van der Waals surface area contributed by atoms with Gasteiger partial charge in [0.25, 0.3) is 0 Å². The van der Waals surface area contributed by atoms with Crippen molar-refractivity contribution in [3.8, 4) is 0 Å². The Morgan fingerprint density at radius 3 is 2.00 bits per heavy atom. The second-order valence-electron chi connectivity index (χ2n) is 8.62. The van der Waals surface area contributed by atoms with Crippen LogP contribution in [-0.4, -0.2) is 47.4 Å². The van der Waals surface area contributed by atoms with Gasteiger partial charge in [0.05, 0.1) is 28.4 Å². The van der Waals surface area contributed by atoms with Crippen LogP contribution in [0.5, 0.6) is 0 Å². The van der Waals surface area contributed by atoms with Gasteiger partial charge in [-0.2, -0.15) is 0 Å². The lowest BCUT2D eigenvalue weighted by Crippen LogP contribution is -2.56. The number of benzene rings is 1. The molecule has 0 saturated heterocycles. The van der Waals surface area contributed by atoms with E-state index in [1.165, 1.54) is 19.4 Å². The lowest BCUT2D eigenvalue weighted by molar-refractivity contribution is -0.183. The molecule has 0 N–H and O–H groups in total. The lowest BCUT2D eigenvalue weighted by Gasteiger charge is -2.42. The maximum absolute atomic E-state index is 13.1. The van der Waals surface area contributed by atoms with Gasteiger partial charge in [0.1, 0.15) is 0 Å². The summed E-state index contributed by atoms with van der Waals surface area (Å²) >= 11 is 0. The molecular formula is C21H32O5Si. The van der Waals surface area contributed by atoms with Crippen LogP contribution in [0.25, 0.3) is 0 Å². The molecule has 0 bridgehead atoms. The fourth-order valence-corrected chi connectivity index (χ4v) is 8.06. The minimum atomic E-state index is -1.93. The zero-order chi connectivity index (χ0) is 20.5. The zero-order valence-corrected chi connectivity index (χ0v) is 18.5. The van der Waals surface area contributed by atoms with Crippen molar-refractivity contribution in [2.75, 3.05) is 21.3 Å². The molecule has 1 saturated carbocycles. The standard InChI is InChI=1S/C21H32O5Si/c1-20(2)17(24-3)13-15(21(20,18(22)25-4)19(23)26-5)14-27(6,7)16-11-9-8-10-12-16/h8-12,15,17H,13-14H2,1-7H3/t15-,17-/m0/s1. The highest BCUT2D eigenvalue weighted by Crippen LogP contribution is 2.60. The quantitative estimate of drug-likeness (QED) is 0.423. The summed E-state index contributed by atoms with van der Waals surface area (Å²) in [6.07, 6.45) is 0.387. The highest BCUT2D eigenvalue weighted by molar-refractivity contribution is 6.89. The van der Waals surface area contributed by atoms with E-state index in [0.29, 0.717) is 6.42 Å². The van der Waals surface area contributed by atoms with Crippen molar-refractivity contribution in [3.05, 3.63) is 30.3 Å². The normalized spacial score (nSPS) is 23.7. The van der Waals surface area contributed by atoms with E-state index >= 15 is 0 Å². The summed E-state index contributed by atoms with van der Waals surface area (Å²) in [7, 11) is 2.37. The Hall–Kier alpha value is -1.66. The first-order valence-corrected chi connectivity index (χ1v) is 12.6. The van der Waals surface area contributed by atoms with Gasteiger partial charge in [0.2, 0.25) is 0 Å². The lowest BCUT2D eigenvalue weighted by atomic mass is 9.63. The van der Waals surface area contributed by atoms with Gasteiger partial charge in [-0.15, -0.1) is 0 Å². The summed E-state index contributed by atoms with van der Waals surface area (Å²) in [4.78, 5) is 26.2. The Labute approximate surface area is 163 Å². The maximum Gasteiger partial charge on any atom is 0.324 e. The van der Waals surface area contributed by atoms with Crippen molar-refractivity contribution in [1.29, 1.82) is 0 Å². The van der Waals surface area contributed by atoms with Crippen molar-refractivity contribution >= 4 is 25.2 Å². The molecule has 1 aliphatic rings. The van der Waals surface area contributed by atoms with E-state index in [0.717, 1.165) is 6.04 Å². The molecular weight excluding hydrogens is 360 g/mol. The average molecular weight is 393 g/mol. The SMILES string of the molecule is COC(=O)C1(C(=O)OC)[C@H](C[Si](C)(C)c2ccccc2)C[C@H](OC)C1(C)C. The van der Waals surface area contributed by atoms with Gasteiger partial charge in [-0.3, -0.25) is 9.59 Å². The summed E-state index contributed by atoms with van der Waals surface area (Å²) in [6, 6.07) is 11.1. The molecule has 150 valence electrons. The Kier molecular flexibility index (Phi) is 6.22. The number of ether oxygens (including phenoxy) is 3. The highest BCUT2D eigenvalue weighted by Gasteiger charge is 2.71. The van der Waals surface area contributed by atoms with Crippen LogP contribution in [0.3, 0.4) is 0 Å². The molecule has 1 aromatic rings. The molecule has 0 amide bonds. The molecule has 6 heteroatoms. The molecule has 1 aliphatic carbocycles. The van der Waals surface area contributed by atoms with Crippen molar-refractivity contribution in [3.63, 3.8) is 0 Å². The topological polar surface area (TPSA) is 61.8 Å². The van der Waals surface area contributed by atoms with Crippen LogP contribution in [0.15, 0.2) is 30.3 Å². The number of hydrogen-bond donors (Lipinski definition) is 0. The van der Waals surface area contributed by atoms with Crippen LogP contribution < -0.4 is 5.19 Å². The number of esters is 2. The van der Waals surface area contributed by atoms with Crippen LogP contribution in [0.2, 0.25) is 19.1 Å². The van der Waals surface area contributed by atoms with E-state index in [9.17, 15) is 9.59 Å². The molecule has 0 heterocycles. The third-order valence-corrected chi connectivity index (χ3v) is 9.95. The fourth-order valence-electron chi connectivity index (χ4n) is 5.03. The monoisotopic (exact) mass is 392 g/mol. The smallest absolute Gasteiger partial charge is 0.324 e. The molecule has 1 fully saturated rings. The van der Waals surface area contributed by atoms with Crippen molar-refractivity contribution in [2.45, 2.75) is 45.5 Å². The first-order chi connectivity index (χ1) is 12.6. The van der Waals surface area contributed by atoms with E-state index in [1.807, 2.05) is 32.0 Å².